The number of hydrogen-bond donors (Lipinski definition) is 3. The minimum absolute atomic E-state index is 0.0257. The number of carbonyl (C=O) groups excluding carboxylic acids is 1. The molecule has 118 valence electrons. The smallest absolute Gasteiger partial charge is 0.316 e. The number of nitrogen functional groups attached to an aromatic ring is 1. The lowest BCUT2D eigenvalue weighted by Gasteiger charge is -2.13. The molecular weight excluding hydrogens is 296 g/mol. The molecule has 0 aliphatic rings. The molecule has 4 N–H and O–H groups in total. The summed E-state index contributed by atoms with van der Waals surface area (Å²) in [6, 6.07) is 4.02. The molecule has 0 bridgehead atoms. The fourth-order valence-electron chi connectivity index (χ4n) is 1.49. The summed E-state index contributed by atoms with van der Waals surface area (Å²) in [5, 5.41) is 2.55. The average molecular weight is 316 g/mol. The van der Waals surface area contributed by atoms with Gasteiger partial charge in [-0.2, -0.15) is 0 Å². The van der Waals surface area contributed by atoms with Gasteiger partial charge in [-0.15, -0.1) is 0 Å². The Morgan fingerprint density at radius 2 is 2.00 bits per heavy atom. The van der Waals surface area contributed by atoms with Crippen LogP contribution >= 0.6 is 0 Å². The van der Waals surface area contributed by atoms with Gasteiger partial charge in [-0.25, -0.2) is 17.9 Å². The predicted octanol–water partition coefficient (Wildman–Crippen LogP) is -0.173. The highest BCUT2D eigenvalue weighted by molar-refractivity contribution is 7.89. The van der Waals surface area contributed by atoms with Gasteiger partial charge in [0.2, 0.25) is 10.0 Å². The Bertz CT molecular complexity index is 601. The molecule has 2 amide bonds. The number of sulfonamides is 1. The largest absolute Gasteiger partial charge is 0.497 e. The Morgan fingerprint density at radius 1 is 1.33 bits per heavy atom. The van der Waals surface area contributed by atoms with Gasteiger partial charge in [0.25, 0.3) is 0 Å². The van der Waals surface area contributed by atoms with Crippen LogP contribution in [-0.2, 0) is 10.0 Å². The van der Waals surface area contributed by atoms with Crippen molar-refractivity contribution in [3.63, 3.8) is 0 Å². The Morgan fingerprint density at radius 3 is 2.52 bits per heavy atom. The van der Waals surface area contributed by atoms with E-state index in [1.165, 1.54) is 30.2 Å². The summed E-state index contributed by atoms with van der Waals surface area (Å²) in [6.07, 6.45) is 0. The summed E-state index contributed by atoms with van der Waals surface area (Å²) in [6.45, 7) is 0.236. The van der Waals surface area contributed by atoms with E-state index in [1.54, 1.807) is 14.1 Å². The molecular formula is C12H20N4O4S. The number of benzene rings is 1. The maximum atomic E-state index is 12.1. The second-order valence-corrected chi connectivity index (χ2v) is 6.16. The Kier molecular flexibility index (Phi) is 5.79. The van der Waals surface area contributed by atoms with Crippen LogP contribution in [0.1, 0.15) is 0 Å². The first-order valence-corrected chi connectivity index (χ1v) is 7.64. The van der Waals surface area contributed by atoms with Crippen molar-refractivity contribution in [2.45, 2.75) is 4.90 Å². The molecule has 0 fully saturated rings. The van der Waals surface area contributed by atoms with Crippen molar-refractivity contribution in [1.82, 2.24) is 14.9 Å². The summed E-state index contributed by atoms with van der Waals surface area (Å²) in [7, 11) is 0.927. The Hall–Kier alpha value is -2.00. The van der Waals surface area contributed by atoms with Crippen LogP contribution < -0.4 is 20.5 Å². The van der Waals surface area contributed by atoms with Crippen LogP contribution in [0.2, 0.25) is 0 Å². The number of nitrogens with one attached hydrogen (secondary N) is 2. The first-order valence-electron chi connectivity index (χ1n) is 6.16. The third kappa shape index (κ3) is 4.80. The zero-order valence-corrected chi connectivity index (χ0v) is 13.0. The van der Waals surface area contributed by atoms with E-state index in [4.69, 9.17) is 10.5 Å². The van der Waals surface area contributed by atoms with E-state index in [9.17, 15) is 13.2 Å². The molecule has 0 saturated heterocycles. The van der Waals surface area contributed by atoms with Gasteiger partial charge < -0.3 is 20.7 Å². The molecule has 8 nitrogen and oxygen atoms in total. The minimum Gasteiger partial charge on any atom is -0.497 e. The molecule has 1 aromatic carbocycles. The van der Waals surface area contributed by atoms with Gasteiger partial charge in [-0.1, -0.05) is 0 Å². The van der Waals surface area contributed by atoms with Gasteiger partial charge >= 0.3 is 6.03 Å². The van der Waals surface area contributed by atoms with Gasteiger partial charge in [0.1, 0.15) is 10.6 Å². The SMILES string of the molecule is COc1ccc(S(=O)(=O)NCCNC(=O)N(C)C)c(N)c1. The first-order chi connectivity index (χ1) is 9.77. The van der Waals surface area contributed by atoms with Crippen LogP contribution in [0.4, 0.5) is 10.5 Å². The number of rotatable bonds is 6. The van der Waals surface area contributed by atoms with Crippen LogP contribution in [0.15, 0.2) is 23.1 Å². The number of ether oxygens (including phenoxy) is 1. The lowest BCUT2D eigenvalue weighted by atomic mass is 10.3. The number of methoxy groups -OCH3 is 1. The van der Waals surface area contributed by atoms with E-state index >= 15 is 0 Å². The van der Waals surface area contributed by atoms with Crippen molar-refractivity contribution in [2.24, 2.45) is 0 Å². The van der Waals surface area contributed by atoms with Crippen LogP contribution in [-0.4, -0.2) is 53.6 Å². The van der Waals surface area contributed by atoms with Gasteiger partial charge in [-0.05, 0) is 12.1 Å². The third-order valence-electron chi connectivity index (χ3n) is 2.61. The molecule has 0 saturated carbocycles. The van der Waals surface area contributed by atoms with Crippen molar-refractivity contribution in [2.75, 3.05) is 40.0 Å². The van der Waals surface area contributed by atoms with Crippen LogP contribution in [0.25, 0.3) is 0 Å². The standard InChI is InChI=1S/C12H20N4O4S/c1-16(2)12(17)14-6-7-15-21(18,19)11-5-4-9(20-3)8-10(11)13/h4-5,8,15H,6-7,13H2,1-3H3,(H,14,17). The fourth-order valence-corrected chi connectivity index (χ4v) is 2.63. The summed E-state index contributed by atoms with van der Waals surface area (Å²) in [5.74, 6) is 0.477. The summed E-state index contributed by atoms with van der Waals surface area (Å²) < 4.78 is 31.5. The molecule has 0 spiro atoms. The molecule has 1 aromatic rings. The summed E-state index contributed by atoms with van der Waals surface area (Å²) in [5.41, 5.74) is 5.80. The normalized spacial score (nSPS) is 11.0. The lowest BCUT2D eigenvalue weighted by Crippen LogP contribution is -2.39. The summed E-state index contributed by atoms with van der Waals surface area (Å²) in [4.78, 5) is 12.6. The highest BCUT2D eigenvalue weighted by Crippen LogP contribution is 2.23. The van der Waals surface area contributed by atoms with Crippen LogP contribution in [0, 0.1) is 0 Å². The van der Waals surface area contributed by atoms with Crippen molar-refractivity contribution in [3.05, 3.63) is 18.2 Å². The number of hydrogen-bond acceptors (Lipinski definition) is 5. The van der Waals surface area contributed by atoms with Gasteiger partial charge in [0, 0.05) is 33.3 Å². The molecule has 0 unspecified atom stereocenters. The summed E-state index contributed by atoms with van der Waals surface area (Å²) >= 11 is 0. The zero-order valence-electron chi connectivity index (χ0n) is 12.2. The number of amides is 2. The van der Waals surface area contributed by atoms with E-state index in [0.29, 0.717) is 5.75 Å². The molecule has 0 aliphatic carbocycles. The fraction of sp³-hybridized carbons (Fsp3) is 0.417. The van der Waals surface area contributed by atoms with E-state index in [1.807, 2.05) is 0 Å². The zero-order chi connectivity index (χ0) is 16.0. The van der Waals surface area contributed by atoms with Crippen molar-refractivity contribution < 1.29 is 17.9 Å². The monoisotopic (exact) mass is 316 g/mol. The van der Waals surface area contributed by atoms with Crippen LogP contribution in [0.3, 0.4) is 0 Å². The van der Waals surface area contributed by atoms with Crippen molar-refractivity contribution in [3.8, 4) is 5.75 Å². The second kappa shape index (κ2) is 7.14. The average Bonchev–Trinajstić information content (AvgIpc) is 2.42. The number of anilines is 1. The Balaban J connectivity index is 2.64. The lowest BCUT2D eigenvalue weighted by molar-refractivity contribution is 0.217. The van der Waals surface area contributed by atoms with Gasteiger partial charge in [-0.3, -0.25) is 0 Å². The Labute approximate surface area is 124 Å². The number of carbonyl (C=O) groups is 1. The van der Waals surface area contributed by atoms with E-state index in [2.05, 4.69) is 10.0 Å². The molecule has 0 aliphatic heterocycles. The predicted molar refractivity (Wildman–Crippen MR) is 79.7 cm³/mol. The maximum absolute atomic E-state index is 12.1. The molecule has 21 heavy (non-hydrogen) atoms. The molecule has 0 heterocycles. The highest BCUT2D eigenvalue weighted by Gasteiger charge is 2.17. The molecule has 0 aromatic heterocycles. The van der Waals surface area contributed by atoms with E-state index in [0.717, 1.165) is 0 Å². The molecule has 9 heteroatoms. The van der Waals surface area contributed by atoms with Crippen LogP contribution in [0.5, 0.6) is 5.75 Å². The quantitative estimate of drug-likeness (QED) is 0.498. The third-order valence-corrected chi connectivity index (χ3v) is 4.14. The van der Waals surface area contributed by atoms with E-state index in [-0.39, 0.29) is 29.7 Å². The van der Waals surface area contributed by atoms with Crippen molar-refractivity contribution in [1.29, 1.82) is 0 Å². The highest BCUT2D eigenvalue weighted by atomic mass is 32.2. The van der Waals surface area contributed by atoms with Gasteiger partial charge in [0.05, 0.1) is 12.8 Å². The maximum Gasteiger partial charge on any atom is 0.316 e. The number of nitrogens with zero attached hydrogens (tertiary/aromatic N) is 1. The first kappa shape index (κ1) is 17.1. The number of nitrogens with two attached hydrogens (primary N) is 1. The topological polar surface area (TPSA) is 114 Å². The molecule has 0 atom stereocenters. The molecule has 1 rings (SSSR count). The minimum atomic E-state index is -3.73. The number of urea groups is 1. The van der Waals surface area contributed by atoms with E-state index < -0.39 is 10.0 Å². The molecule has 0 radical (unpaired) electrons. The van der Waals surface area contributed by atoms with Crippen molar-refractivity contribution >= 4 is 21.7 Å². The van der Waals surface area contributed by atoms with Gasteiger partial charge in [0.15, 0.2) is 0 Å². The second-order valence-electron chi connectivity index (χ2n) is 4.43.